The van der Waals surface area contributed by atoms with Crippen molar-refractivity contribution in [3.63, 3.8) is 0 Å². The lowest BCUT2D eigenvalue weighted by molar-refractivity contribution is -0.138. The summed E-state index contributed by atoms with van der Waals surface area (Å²) in [6.07, 6.45) is 2.76. The highest BCUT2D eigenvalue weighted by atomic mass is 16.4. The fourth-order valence-corrected chi connectivity index (χ4v) is 1.95. The molecule has 0 bridgehead atoms. The zero-order valence-electron chi connectivity index (χ0n) is 9.08. The van der Waals surface area contributed by atoms with E-state index in [4.69, 9.17) is 5.11 Å². The first kappa shape index (κ1) is 10.2. The molecule has 2 rings (SSSR count). The molecule has 82 valence electrons. The first-order chi connectivity index (χ1) is 7.13. The number of nitrogens with one attached hydrogen (secondary N) is 1. The molecule has 1 aliphatic rings. The SMILES string of the molecule is CCCc1nc(C2CC2C(=O)O)[nH]c1C. The van der Waals surface area contributed by atoms with Gasteiger partial charge in [0, 0.05) is 11.6 Å². The van der Waals surface area contributed by atoms with E-state index in [0.29, 0.717) is 0 Å². The number of H-pyrrole nitrogens is 1. The Kier molecular flexibility index (Phi) is 2.50. The van der Waals surface area contributed by atoms with Crippen molar-refractivity contribution in [3.8, 4) is 0 Å². The molecule has 1 heterocycles. The zero-order valence-corrected chi connectivity index (χ0v) is 9.08. The molecule has 0 aliphatic heterocycles. The standard InChI is InChI=1S/C11H16N2O2/c1-3-4-9-6(2)12-10(13-9)7-5-8(7)11(14)15/h7-8H,3-5H2,1-2H3,(H,12,13)(H,14,15). The molecule has 1 saturated carbocycles. The number of hydrogen-bond donors (Lipinski definition) is 2. The van der Waals surface area contributed by atoms with Crippen LogP contribution in [0, 0.1) is 12.8 Å². The molecule has 4 heteroatoms. The maximum Gasteiger partial charge on any atom is 0.307 e. The Morgan fingerprint density at radius 3 is 2.93 bits per heavy atom. The van der Waals surface area contributed by atoms with Gasteiger partial charge in [0.25, 0.3) is 0 Å². The fraction of sp³-hybridized carbons (Fsp3) is 0.636. The highest BCUT2D eigenvalue weighted by molar-refractivity contribution is 5.74. The average molecular weight is 208 g/mol. The van der Waals surface area contributed by atoms with Crippen LogP contribution in [0.1, 0.15) is 42.9 Å². The van der Waals surface area contributed by atoms with Crippen LogP contribution in [0.15, 0.2) is 0 Å². The van der Waals surface area contributed by atoms with Crippen LogP contribution in [0.3, 0.4) is 0 Å². The molecule has 2 N–H and O–H groups in total. The Balaban J connectivity index is 2.11. The minimum absolute atomic E-state index is 0.117. The maximum atomic E-state index is 10.7. The second-order valence-electron chi connectivity index (χ2n) is 4.23. The smallest absolute Gasteiger partial charge is 0.307 e. The van der Waals surface area contributed by atoms with Crippen LogP contribution in [-0.2, 0) is 11.2 Å². The van der Waals surface area contributed by atoms with E-state index < -0.39 is 5.97 Å². The quantitative estimate of drug-likeness (QED) is 0.793. The first-order valence-electron chi connectivity index (χ1n) is 5.41. The predicted octanol–water partition coefficient (Wildman–Crippen LogP) is 1.86. The molecular weight excluding hydrogens is 192 g/mol. The number of aromatic amines is 1. The Morgan fingerprint density at radius 2 is 2.40 bits per heavy atom. The monoisotopic (exact) mass is 208 g/mol. The van der Waals surface area contributed by atoms with Gasteiger partial charge in [-0.2, -0.15) is 0 Å². The van der Waals surface area contributed by atoms with Crippen molar-refractivity contribution in [1.82, 2.24) is 9.97 Å². The number of nitrogens with zero attached hydrogens (tertiary/aromatic N) is 1. The van der Waals surface area contributed by atoms with Crippen LogP contribution in [0.25, 0.3) is 0 Å². The van der Waals surface area contributed by atoms with Crippen LogP contribution in [0.5, 0.6) is 0 Å². The fourth-order valence-electron chi connectivity index (χ4n) is 1.95. The van der Waals surface area contributed by atoms with Crippen molar-refractivity contribution in [2.75, 3.05) is 0 Å². The number of hydrogen-bond acceptors (Lipinski definition) is 2. The lowest BCUT2D eigenvalue weighted by atomic mass is 10.2. The van der Waals surface area contributed by atoms with Crippen molar-refractivity contribution in [1.29, 1.82) is 0 Å². The second-order valence-corrected chi connectivity index (χ2v) is 4.23. The molecule has 1 fully saturated rings. The lowest BCUT2D eigenvalue weighted by Gasteiger charge is -1.91. The largest absolute Gasteiger partial charge is 0.481 e. The van der Waals surface area contributed by atoms with Crippen LogP contribution >= 0.6 is 0 Å². The number of aromatic nitrogens is 2. The summed E-state index contributed by atoms with van der Waals surface area (Å²) in [5.74, 6) is 0.0614. The summed E-state index contributed by atoms with van der Waals surface area (Å²) in [5.41, 5.74) is 2.17. The van der Waals surface area contributed by atoms with Crippen molar-refractivity contribution in [2.24, 2.45) is 5.92 Å². The molecule has 1 aliphatic carbocycles. The van der Waals surface area contributed by atoms with Gasteiger partial charge in [-0.05, 0) is 19.8 Å². The number of carbonyl (C=O) groups is 1. The van der Waals surface area contributed by atoms with Gasteiger partial charge < -0.3 is 10.1 Å². The third kappa shape index (κ3) is 1.89. The molecule has 0 radical (unpaired) electrons. The molecule has 0 aromatic carbocycles. The highest BCUT2D eigenvalue weighted by Crippen LogP contribution is 2.46. The van der Waals surface area contributed by atoms with E-state index in [1.807, 2.05) is 6.92 Å². The molecule has 0 saturated heterocycles. The van der Waals surface area contributed by atoms with Crippen LogP contribution in [0.2, 0.25) is 0 Å². The molecule has 2 unspecified atom stereocenters. The molecule has 2 atom stereocenters. The molecule has 0 spiro atoms. The predicted molar refractivity (Wildman–Crippen MR) is 55.8 cm³/mol. The van der Waals surface area contributed by atoms with Gasteiger partial charge in [0.05, 0.1) is 11.6 Å². The Morgan fingerprint density at radius 1 is 1.67 bits per heavy atom. The number of imidazole rings is 1. The van der Waals surface area contributed by atoms with Gasteiger partial charge in [-0.25, -0.2) is 4.98 Å². The van der Waals surface area contributed by atoms with Crippen molar-refractivity contribution < 1.29 is 9.90 Å². The lowest BCUT2D eigenvalue weighted by Crippen LogP contribution is -1.99. The molecular formula is C11H16N2O2. The van der Waals surface area contributed by atoms with Gasteiger partial charge in [-0.15, -0.1) is 0 Å². The number of aryl methyl sites for hydroxylation is 2. The average Bonchev–Trinajstić information content (AvgIpc) is 2.89. The van der Waals surface area contributed by atoms with Crippen molar-refractivity contribution in [3.05, 3.63) is 17.2 Å². The van der Waals surface area contributed by atoms with Gasteiger partial charge in [-0.1, -0.05) is 13.3 Å². The second kappa shape index (κ2) is 3.68. The van der Waals surface area contributed by atoms with E-state index in [0.717, 1.165) is 36.5 Å². The van der Waals surface area contributed by atoms with E-state index in [1.165, 1.54) is 0 Å². The number of carboxylic acid groups (broad SMARTS) is 1. The summed E-state index contributed by atoms with van der Waals surface area (Å²) in [4.78, 5) is 18.4. The Hall–Kier alpha value is -1.32. The van der Waals surface area contributed by atoms with E-state index in [1.54, 1.807) is 0 Å². The van der Waals surface area contributed by atoms with Crippen LogP contribution in [-0.4, -0.2) is 21.0 Å². The zero-order chi connectivity index (χ0) is 11.0. The summed E-state index contributed by atoms with van der Waals surface area (Å²) in [5, 5.41) is 8.82. The third-order valence-corrected chi connectivity index (χ3v) is 2.95. The Labute approximate surface area is 88.7 Å². The minimum atomic E-state index is -0.703. The van der Waals surface area contributed by atoms with E-state index in [2.05, 4.69) is 16.9 Å². The summed E-state index contributed by atoms with van der Waals surface area (Å²) in [6, 6.07) is 0. The molecule has 4 nitrogen and oxygen atoms in total. The topological polar surface area (TPSA) is 66.0 Å². The maximum absolute atomic E-state index is 10.7. The van der Waals surface area contributed by atoms with Gasteiger partial charge in [0.15, 0.2) is 0 Å². The van der Waals surface area contributed by atoms with Gasteiger partial charge in [0.2, 0.25) is 0 Å². The molecule has 1 aromatic rings. The molecule has 15 heavy (non-hydrogen) atoms. The number of carboxylic acids is 1. The van der Waals surface area contributed by atoms with E-state index >= 15 is 0 Å². The summed E-state index contributed by atoms with van der Waals surface area (Å²) in [6.45, 7) is 4.12. The van der Waals surface area contributed by atoms with Gasteiger partial charge >= 0.3 is 5.97 Å². The van der Waals surface area contributed by atoms with Crippen LogP contribution < -0.4 is 0 Å². The number of aliphatic carboxylic acids is 1. The minimum Gasteiger partial charge on any atom is -0.481 e. The summed E-state index contributed by atoms with van der Waals surface area (Å²) in [7, 11) is 0. The molecule has 0 amide bonds. The summed E-state index contributed by atoms with van der Waals surface area (Å²) < 4.78 is 0. The van der Waals surface area contributed by atoms with Crippen molar-refractivity contribution >= 4 is 5.97 Å². The highest BCUT2D eigenvalue weighted by Gasteiger charge is 2.46. The van der Waals surface area contributed by atoms with Gasteiger partial charge in [0.1, 0.15) is 5.82 Å². The van der Waals surface area contributed by atoms with Gasteiger partial charge in [-0.3, -0.25) is 4.79 Å². The first-order valence-corrected chi connectivity index (χ1v) is 5.41. The van der Waals surface area contributed by atoms with Crippen LogP contribution in [0.4, 0.5) is 0 Å². The number of rotatable bonds is 4. The van der Waals surface area contributed by atoms with E-state index in [9.17, 15) is 4.79 Å². The summed E-state index contributed by atoms with van der Waals surface area (Å²) >= 11 is 0. The third-order valence-electron chi connectivity index (χ3n) is 2.95. The normalized spacial score (nSPS) is 24.1. The molecule has 1 aromatic heterocycles. The Bertz CT molecular complexity index is 384. The van der Waals surface area contributed by atoms with Crippen molar-refractivity contribution in [2.45, 2.75) is 39.0 Å². The van der Waals surface area contributed by atoms with E-state index in [-0.39, 0.29) is 11.8 Å².